The highest BCUT2D eigenvalue weighted by molar-refractivity contribution is 5.72. The van der Waals surface area contributed by atoms with Crippen LogP contribution in [-0.4, -0.2) is 18.7 Å². The Hall–Kier alpha value is -1.51. The Bertz CT molecular complexity index is 759. The van der Waals surface area contributed by atoms with E-state index in [9.17, 15) is 4.79 Å². The van der Waals surface area contributed by atoms with Gasteiger partial charge in [-0.3, -0.25) is 4.79 Å². The van der Waals surface area contributed by atoms with Crippen molar-refractivity contribution in [2.24, 2.45) is 22.7 Å². The van der Waals surface area contributed by atoms with Gasteiger partial charge < -0.3 is 9.47 Å². The van der Waals surface area contributed by atoms with Gasteiger partial charge in [0.05, 0.1) is 12.9 Å². The second kappa shape index (κ2) is 5.27. The van der Waals surface area contributed by atoms with Gasteiger partial charge in [0, 0.05) is 23.7 Å². The molecule has 5 aliphatic rings. The Morgan fingerprint density at radius 2 is 2.00 bits per heavy atom. The zero-order valence-electron chi connectivity index (χ0n) is 16.3. The molecule has 0 aromatic carbocycles. The van der Waals surface area contributed by atoms with Crippen LogP contribution in [0.25, 0.3) is 0 Å². The van der Waals surface area contributed by atoms with Crippen molar-refractivity contribution in [3.63, 3.8) is 0 Å². The van der Waals surface area contributed by atoms with Gasteiger partial charge >= 0.3 is 5.97 Å². The van der Waals surface area contributed by atoms with E-state index in [4.69, 9.17) is 9.47 Å². The van der Waals surface area contributed by atoms with Crippen molar-refractivity contribution in [2.75, 3.05) is 7.11 Å². The van der Waals surface area contributed by atoms with Crippen LogP contribution in [0.5, 0.6) is 0 Å². The van der Waals surface area contributed by atoms with E-state index >= 15 is 0 Å². The summed E-state index contributed by atoms with van der Waals surface area (Å²) in [7, 11) is 1.78. The number of methoxy groups -OCH3 is 1. The summed E-state index contributed by atoms with van der Waals surface area (Å²) in [6.45, 7) is 4.84. The van der Waals surface area contributed by atoms with E-state index < -0.39 is 0 Å². The van der Waals surface area contributed by atoms with Crippen LogP contribution in [0.2, 0.25) is 0 Å². The van der Waals surface area contributed by atoms with Crippen molar-refractivity contribution < 1.29 is 14.3 Å². The maximum absolute atomic E-state index is 11.9. The van der Waals surface area contributed by atoms with Crippen LogP contribution in [0.3, 0.4) is 0 Å². The van der Waals surface area contributed by atoms with E-state index in [-0.39, 0.29) is 22.4 Å². The first-order valence-electron chi connectivity index (χ1n) is 10.3. The molecule has 0 amide bonds. The molecule has 3 nitrogen and oxygen atoms in total. The molecule has 0 bridgehead atoms. The normalized spacial score (nSPS) is 46.6. The molecule has 5 atom stereocenters. The smallest absolute Gasteiger partial charge is 0.306 e. The molecule has 3 heteroatoms. The second-order valence-electron chi connectivity index (χ2n) is 9.54. The summed E-state index contributed by atoms with van der Waals surface area (Å²) in [6, 6.07) is 0. The van der Waals surface area contributed by atoms with E-state index in [1.807, 2.05) is 0 Å². The number of allylic oxidation sites excluding steroid dienone is 6. The summed E-state index contributed by atoms with van der Waals surface area (Å²) in [5.74, 6) is 2.38. The van der Waals surface area contributed by atoms with Gasteiger partial charge in [0.1, 0.15) is 5.60 Å². The van der Waals surface area contributed by atoms with Gasteiger partial charge in [-0.2, -0.15) is 0 Å². The predicted molar refractivity (Wildman–Crippen MR) is 100 cm³/mol. The first kappa shape index (κ1) is 16.6. The molecule has 140 valence electrons. The predicted octanol–water partition coefficient (Wildman–Crippen LogP) is 5.09. The van der Waals surface area contributed by atoms with Crippen molar-refractivity contribution in [2.45, 2.75) is 70.8 Å². The van der Waals surface area contributed by atoms with Crippen molar-refractivity contribution in [3.8, 4) is 0 Å². The number of carbonyl (C=O) groups is 1. The van der Waals surface area contributed by atoms with Crippen LogP contribution in [0, 0.1) is 22.7 Å². The molecule has 2 fully saturated rings. The van der Waals surface area contributed by atoms with Crippen LogP contribution < -0.4 is 0 Å². The molecule has 1 saturated carbocycles. The molecule has 3 unspecified atom stereocenters. The van der Waals surface area contributed by atoms with Crippen LogP contribution in [0.1, 0.15) is 65.2 Å². The zero-order chi connectivity index (χ0) is 18.2. The summed E-state index contributed by atoms with van der Waals surface area (Å²) in [5, 5.41) is 0. The largest absolute Gasteiger partial charge is 0.501 e. The van der Waals surface area contributed by atoms with Crippen LogP contribution in [0.4, 0.5) is 0 Å². The van der Waals surface area contributed by atoms with Crippen LogP contribution in [0.15, 0.2) is 35.1 Å². The maximum Gasteiger partial charge on any atom is 0.306 e. The minimum absolute atomic E-state index is 0.0175. The van der Waals surface area contributed by atoms with E-state index in [0.29, 0.717) is 18.3 Å². The Labute approximate surface area is 156 Å². The molecule has 0 aromatic rings. The standard InChI is InChI=1S/C23H30O3/c1-21-10-6-16(25-3)14-15(21)4-5-17-18(21)7-11-22(2)19(17)8-12-23(22)13-9-20(24)26-23/h4,7,14,17,19H,5-6,8-13H2,1-3H3/t17?,19?,21-,22?,23+/m0/s1. The molecule has 1 saturated heterocycles. The lowest BCUT2D eigenvalue weighted by Gasteiger charge is -2.53. The fraction of sp³-hybridized carbons (Fsp3) is 0.696. The minimum Gasteiger partial charge on any atom is -0.501 e. The molecule has 1 heterocycles. The average Bonchev–Trinajstić information content (AvgIpc) is 3.15. The summed E-state index contributed by atoms with van der Waals surface area (Å²) in [4.78, 5) is 11.9. The molecule has 1 spiro atoms. The lowest BCUT2D eigenvalue weighted by molar-refractivity contribution is -0.160. The zero-order valence-corrected chi connectivity index (χ0v) is 16.3. The second-order valence-corrected chi connectivity index (χ2v) is 9.54. The van der Waals surface area contributed by atoms with Crippen molar-refractivity contribution in [1.82, 2.24) is 0 Å². The number of rotatable bonds is 1. The van der Waals surface area contributed by atoms with Crippen LogP contribution in [-0.2, 0) is 14.3 Å². The first-order valence-corrected chi connectivity index (χ1v) is 10.3. The lowest BCUT2D eigenvalue weighted by atomic mass is 9.52. The highest BCUT2D eigenvalue weighted by Gasteiger charge is 2.65. The summed E-state index contributed by atoms with van der Waals surface area (Å²) >= 11 is 0. The fourth-order valence-electron chi connectivity index (χ4n) is 7.06. The molecule has 4 aliphatic carbocycles. The molecule has 26 heavy (non-hydrogen) atoms. The molecular weight excluding hydrogens is 324 g/mol. The third kappa shape index (κ3) is 1.92. The first-order chi connectivity index (χ1) is 12.4. The Balaban J connectivity index is 1.53. The van der Waals surface area contributed by atoms with Gasteiger partial charge in [-0.25, -0.2) is 0 Å². The van der Waals surface area contributed by atoms with Gasteiger partial charge in [0.25, 0.3) is 0 Å². The number of hydrogen-bond acceptors (Lipinski definition) is 3. The number of fused-ring (bicyclic) bond motifs is 6. The molecule has 1 aliphatic heterocycles. The van der Waals surface area contributed by atoms with Crippen molar-refractivity contribution in [1.29, 1.82) is 0 Å². The Kier molecular flexibility index (Phi) is 3.37. The number of ether oxygens (including phenoxy) is 2. The Morgan fingerprint density at radius 3 is 2.73 bits per heavy atom. The average molecular weight is 354 g/mol. The molecular formula is C23H30O3. The highest BCUT2D eigenvalue weighted by Crippen LogP contribution is 2.67. The monoisotopic (exact) mass is 354 g/mol. The van der Waals surface area contributed by atoms with Gasteiger partial charge in [-0.1, -0.05) is 31.6 Å². The highest BCUT2D eigenvalue weighted by atomic mass is 16.6. The van der Waals surface area contributed by atoms with Crippen LogP contribution >= 0.6 is 0 Å². The fourth-order valence-corrected chi connectivity index (χ4v) is 7.06. The third-order valence-electron chi connectivity index (χ3n) is 8.71. The molecule has 5 rings (SSSR count). The minimum atomic E-state index is -0.197. The van der Waals surface area contributed by atoms with E-state index in [1.165, 1.54) is 12.0 Å². The number of esters is 1. The number of hydrogen-bond donors (Lipinski definition) is 0. The summed E-state index contributed by atoms with van der Waals surface area (Å²) in [5.41, 5.74) is 3.18. The molecule has 0 aromatic heterocycles. The maximum atomic E-state index is 11.9. The van der Waals surface area contributed by atoms with E-state index in [1.54, 1.807) is 12.7 Å². The number of carbonyl (C=O) groups excluding carboxylic acids is 1. The van der Waals surface area contributed by atoms with E-state index in [2.05, 4.69) is 32.1 Å². The Morgan fingerprint density at radius 1 is 1.15 bits per heavy atom. The molecule has 0 radical (unpaired) electrons. The molecule has 0 N–H and O–H groups in total. The van der Waals surface area contributed by atoms with Gasteiger partial charge in [0.2, 0.25) is 0 Å². The van der Waals surface area contributed by atoms with Gasteiger partial charge in [-0.05, 0) is 62.0 Å². The van der Waals surface area contributed by atoms with Gasteiger partial charge in [-0.15, -0.1) is 0 Å². The van der Waals surface area contributed by atoms with Gasteiger partial charge in [0.15, 0.2) is 0 Å². The van der Waals surface area contributed by atoms with Crippen molar-refractivity contribution >= 4 is 5.97 Å². The van der Waals surface area contributed by atoms with E-state index in [0.717, 1.165) is 44.3 Å². The van der Waals surface area contributed by atoms with Crippen molar-refractivity contribution in [3.05, 3.63) is 35.1 Å². The summed E-state index contributed by atoms with van der Waals surface area (Å²) < 4.78 is 11.5. The summed E-state index contributed by atoms with van der Waals surface area (Å²) in [6.07, 6.45) is 15.4. The lowest BCUT2D eigenvalue weighted by Crippen LogP contribution is -2.50. The topological polar surface area (TPSA) is 35.5 Å². The SMILES string of the molecule is COC1=CC2=CCC3C(=CCC4(C)C3CC[C@@]43CCC(=O)O3)[C@@]2(C)CC1. The quantitative estimate of drug-likeness (QED) is 0.486. The third-order valence-corrected chi connectivity index (χ3v) is 8.71.